The number of nitrogens with one attached hydrogen (secondary N) is 1. The van der Waals surface area contributed by atoms with E-state index in [-0.39, 0.29) is 23.3 Å². The van der Waals surface area contributed by atoms with Crippen LogP contribution in [0.15, 0.2) is 18.2 Å². The number of rotatable bonds is 4. The molecule has 1 amide bonds. The van der Waals surface area contributed by atoms with Crippen LogP contribution in [0.2, 0.25) is 5.02 Å². The maximum atomic E-state index is 11.7. The monoisotopic (exact) mass is 241 g/mol. The van der Waals surface area contributed by atoms with Crippen molar-refractivity contribution in [3.8, 4) is 5.75 Å². The highest BCUT2D eigenvalue weighted by molar-refractivity contribution is 6.30. The minimum atomic E-state index is -0.268. The van der Waals surface area contributed by atoms with Crippen LogP contribution in [0, 0.1) is 0 Å². The Bertz CT molecular complexity index is 379. The van der Waals surface area contributed by atoms with E-state index in [1.54, 1.807) is 6.07 Å². The number of amides is 1. The molecule has 1 aromatic rings. The molecule has 2 N–H and O–H groups in total. The summed E-state index contributed by atoms with van der Waals surface area (Å²) >= 11 is 5.69. The third-order valence-corrected chi connectivity index (χ3v) is 2.54. The number of benzene rings is 1. The fraction of sp³-hybridized carbons (Fsp3) is 0.417. The van der Waals surface area contributed by atoms with E-state index in [9.17, 15) is 9.90 Å². The van der Waals surface area contributed by atoms with Crippen LogP contribution < -0.4 is 5.32 Å². The van der Waals surface area contributed by atoms with Crippen LogP contribution in [0.1, 0.15) is 37.0 Å². The number of hydrogen-bond acceptors (Lipinski definition) is 2. The Hall–Kier alpha value is -1.22. The molecule has 0 fully saturated rings. The van der Waals surface area contributed by atoms with Crippen molar-refractivity contribution in [2.45, 2.75) is 32.7 Å². The van der Waals surface area contributed by atoms with E-state index in [4.69, 9.17) is 11.6 Å². The maximum absolute atomic E-state index is 11.7. The first kappa shape index (κ1) is 12.8. The predicted octanol–water partition coefficient (Wildman–Crippen LogP) is 2.96. The van der Waals surface area contributed by atoms with Gasteiger partial charge in [0.25, 0.3) is 5.91 Å². The topological polar surface area (TPSA) is 49.3 Å². The number of hydrogen-bond donors (Lipinski definition) is 2. The summed E-state index contributed by atoms with van der Waals surface area (Å²) in [4.78, 5) is 11.7. The lowest BCUT2D eigenvalue weighted by Crippen LogP contribution is -2.32. The summed E-state index contributed by atoms with van der Waals surface area (Å²) in [5.41, 5.74) is 0.257. The average molecular weight is 242 g/mol. The standard InChI is InChI=1S/C12H16ClNO2/c1-3-4-8(2)14-12(16)10-6-5-9(13)7-11(10)15/h5-8,15H,3-4H2,1-2H3,(H,14,16). The first-order chi connectivity index (χ1) is 7.54. The summed E-state index contributed by atoms with van der Waals surface area (Å²) in [6.07, 6.45) is 1.92. The van der Waals surface area contributed by atoms with Gasteiger partial charge in [0.05, 0.1) is 5.56 Å². The average Bonchev–Trinajstić information content (AvgIpc) is 2.17. The molecule has 1 aromatic carbocycles. The zero-order valence-electron chi connectivity index (χ0n) is 9.46. The van der Waals surface area contributed by atoms with Crippen molar-refractivity contribution in [2.75, 3.05) is 0 Å². The quantitative estimate of drug-likeness (QED) is 0.852. The third-order valence-electron chi connectivity index (χ3n) is 2.30. The van der Waals surface area contributed by atoms with Crippen LogP contribution in [0.3, 0.4) is 0 Å². The highest BCUT2D eigenvalue weighted by atomic mass is 35.5. The normalized spacial score (nSPS) is 12.2. The summed E-state index contributed by atoms with van der Waals surface area (Å²) in [7, 11) is 0. The maximum Gasteiger partial charge on any atom is 0.255 e. The molecule has 16 heavy (non-hydrogen) atoms. The van der Waals surface area contributed by atoms with Crippen molar-refractivity contribution in [3.63, 3.8) is 0 Å². The van der Waals surface area contributed by atoms with E-state index in [1.165, 1.54) is 12.1 Å². The van der Waals surface area contributed by atoms with Gasteiger partial charge in [-0.25, -0.2) is 0 Å². The molecule has 1 rings (SSSR count). The minimum absolute atomic E-state index is 0.0892. The molecule has 0 aliphatic heterocycles. The van der Waals surface area contributed by atoms with Crippen LogP contribution in [0.5, 0.6) is 5.75 Å². The Labute approximate surface area is 100 Å². The number of aromatic hydroxyl groups is 1. The molecule has 0 aliphatic rings. The molecule has 0 saturated heterocycles. The van der Waals surface area contributed by atoms with E-state index in [1.807, 2.05) is 6.92 Å². The fourth-order valence-electron chi connectivity index (χ4n) is 1.50. The van der Waals surface area contributed by atoms with Crippen molar-refractivity contribution in [1.29, 1.82) is 0 Å². The van der Waals surface area contributed by atoms with Crippen molar-refractivity contribution in [1.82, 2.24) is 5.32 Å². The summed E-state index contributed by atoms with van der Waals surface area (Å²) in [5.74, 6) is -0.358. The molecular formula is C12H16ClNO2. The van der Waals surface area contributed by atoms with Gasteiger partial charge in [0.2, 0.25) is 0 Å². The van der Waals surface area contributed by atoms with Gasteiger partial charge in [-0.15, -0.1) is 0 Å². The second kappa shape index (κ2) is 5.75. The molecule has 88 valence electrons. The van der Waals surface area contributed by atoms with Gasteiger partial charge >= 0.3 is 0 Å². The zero-order valence-corrected chi connectivity index (χ0v) is 10.2. The van der Waals surface area contributed by atoms with Crippen LogP contribution in [0.25, 0.3) is 0 Å². The second-order valence-corrected chi connectivity index (χ2v) is 4.26. The largest absolute Gasteiger partial charge is 0.507 e. The van der Waals surface area contributed by atoms with Gasteiger partial charge in [-0.2, -0.15) is 0 Å². The molecule has 4 heteroatoms. The Kier molecular flexibility index (Phi) is 4.62. The molecule has 0 bridgehead atoms. The smallest absolute Gasteiger partial charge is 0.255 e. The molecule has 0 radical (unpaired) electrons. The van der Waals surface area contributed by atoms with E-state index in [2.05, 4.69) is 12.2 Å². The van der Waals surface area contributed by atoms with Crippen LogP contribution in [-0.2, 0) is 0 Å². The number of carbonyl (C=O) groups excluding carboxylic acids is 1. The Morgan fingerprint density at radius 1 is 1.56 bits per heavy atom. The van der Waals surface area contributed by atoms with Gasteiger partial charge in [-0.1, -0.05) is 24.9 Å². The van der Waals surface area contributed by atoms with Crippen LogP contribution >= 0.6 is 11.6 Å². The number of phenolic OH excluding ortho intramolecular Hbond substituents is 1. The van der Waals surface area contributed by atoms with Gasteiger partial charge in [-0.05, 0) is 31.5 Å². The molecule has 0 saturated carbocycles. The van der Waals surface area contributed by atoms with Gasteiger partial charge in [0, 0.05) is 11.1 Å². The Balaban J connectivity index is 2.73. The van der Waals surface area contributed by atoms with Gasteiger partial charge < -0.3 is 10.4 Å². The van der Waals surface area contributed by atoms with Crippen molar-refractivity contribution < 1.29 is 9.90 Å². The molecule has 0 aliphatic carbocycles. The zero-order chi connectivity index (χ0) is 12.1. The first-order valence-corrected chi connectivity index (χ1v) is 5.71. The Morgan fingerprint density at radius 3 is 2.81 bits per heavy atom. The first-order valence-electron chi connectivity index (χ1n) is 5.34. The van der Waals surface area contributed by atoms with Crippen molar-refractivity contribution >= 4 is 17.5 Å². The van der Waals surface area contributed by atoms with E-state index in [0.29, 0.717) is 5.02 Å². The highest BCUT2D eigenvalue weighted by Crippen LogP contribution is 2.21. The number of phenols is 1. The number of carbonyl (C=O) groups is 1. The minimum Gasteiger partial charge on any atom is -0.507 e. The van der Waals surface area contributed by atoms with E-state index < -0.39 is 0 Å². The lowest BCUT2D eigenvalue weighted by molar-refractivity contribution is 0.0935. The lowest BCUT2D eigenvalue weighted by Gasteiger charge is -2.13. The summed E-state index contributed by atoms with van der Waals surface area (Å²) in [6.45, 7) is 4.00. The molecule has 0 spiro atoms. The lowest BCUT2D eigenvalue weighted by atomic mass is 10.1. The second-order valence-electron chi connectivity index (χ2n) is 3.82. The van der Waals surface area contributed by atoms with Crippen molar-refractivity contribution in [3.05, 3.63) is 28.8 Å². The molecular weight excluding hydrogens is 226 g/mol. The van der Waals surface area contributed by atoms with E-state index in [0.717, 1.165) is 12.8 Å². The molecule has 1 unspecified atom stereocenters. The number of halogens is 1. The fourth-order valence-corrected chi connectivity index (χ4v) is 1.67. The van der Waals surface area contributed by atoms with Crippen LogP contribution in [0.4, 0.5) is 0 Å². The molecule has 0 aromatic heterocycles. The van der Waals surface area contributed by atoms with Crippen LogP contribution in [-0.4, -0.2) is 17.1 Å². The van der Waals surface area contributed by atoms with E-state index >= 15 is 0 Å². The molecule has 0 heterocycles. The SMILES string of the molecule is CCCC(C)NC(=O)c1ccc(Cl)cc1O. The summed E-state index contributed by atoms with van der Waals surface area (Å²) < 4.78 is 0. The van der Waals surface area contributed by atoms with Crippen molar-refractivity contribution in [2.24, 2.45) is 0 Å². The molecule has 3 nitrogen and oxygen atoms in total. The Morgan fingerprint density at radius 2 is 2.25 bits per heavy atom. The summed E-state index contributed by atoms with van der Waals surface area (Å²) in [6, 6.07) is 4.57. The predicted molar refractivity (Wildman–Crippen MR) is 65.0 cm³/mol. The third kappa shape index (κ3) is 3.42. The van der Waals surface area contributed by atoms with Gasteiger partial charge in [0.1, 0.15) is 5.75 Å². The molecule has 1 atom stereocenters. The van der Waals surface area contributed by atoms with Gasteiger partial charge in [0.15, 0.2) is 0 Å². The van der Waals surface area contributed by atoms with Gasteiger partial charge in [-0.3, -0.25) is 4.79 Å². The highest BCUT2D eigenvalue weighted by Gasteiger charge is 2.13. The summed E-state index contributed by atoms with van der Waals surface area (Å²) in [5, 5.41) is 12.8.